The predicted octanol–water partition coefficient (Wildman–Crippen LogP) is 4.73. The van der Waals surface area contributed by atoms with Crippen LogP contribution >= 0.6 is 23.8 Å². The highest BCUT2D eigenvalue weighted by molar-refractivity contribution is 7.80. The fraction of sp³-hybridized carbons (Fsp3) is 0.158. The van der Waals surface area contributed by atoms with Gasteiger partial charge in [-0.1, -0.05) is 42.0 Å². The van der Waals surface area contributed by atoms with Crippen molar-refractivity contribution in [3.05, 3.63) is 69.2 Å². The average Bonchev–Trinajstić information content (AvgIpc) is 2.54. The molecule has 0 saturated carbocycles. The number of nitriles is 1. The fourth-order valence-corrected chi connectivity index (χ4v) is 2.55. The minimum absolute atomic E-state index is 0.0892. The molecule has 0 fully saturated rings. The van der Waals surface area contributed by atoms with Gasteiger partial charge in [-0.3, -0.25) is 0 Å². The summed E-state index contributed by atoms with van der Waals surface area (Å²) >= 11 is 11.0. The zero-order valence-corrected chi connectivity index (χ0v) is 15.0. The van der Waals surface area contributed by atoms with Crippen molar-refractivity contribution in [2.75, 3.05) is 0 Å². The smallest absolute Gasteiger partial charge is 0.138 e. The lowest BCUT2D eigenvalue weighted by atomic mass is 9.98. The van der Waals surface area contributed by atoms with Crippen molar-refractivity contribution in [1.29, 1.82) is 5.26 Å². The number of nitrogens with two attached hydrogens (primary N) is 1. The summed E-state index contributed by atoms with van der Waals surface area (Å²) in [6.45, 7) is 4.38. The summed E-state index contributed by atoms with van der Waals surface area (Å²) < 4.78 is 5.81. The van der Waals surface area contributed by atoms with Crippen LogP contribution in [-0.2, 0) is 6.61 Å². The number of halogens is 1. The summed E-state index contributed by atoms with van der Waals surface area (Å²) in [5.41, 5.74) is 9.89. The van der Waals surface area contributed by atoms with E-state index in [2.05, 4.69) is 0 Å². The van der Waals surface area contributed by atoms with Crippen LogP contribution in [0.15, 0.2) is 42.0 Å². The number of thiocarbonyl (C=S) groups is 1. The van der Waals surface area contributed by atoms with Gasteiger partial charge in [-0.15, -0.1) is 0 Å². The van der Waals surface area contributed by atoms with Gasteiger partial charge in [0.25, 0.3) is 0 Å². The standard InChI is InChI=1S/C19H17ClN2OS/c1-12-7-13(2)16(9-14(12)8-15(10-21)19(22)24)11-23-18-6-4-3-5-17(18)20/h3-9H,11H2,1-2H3,(H2,22,24). The van der Waals surface area contributed by atoms with Crippen LogP contribution in [0.3, 0.4) is 0 Å². The lowest BCUT2D eigenvalue weighted by molar-refractivity contribution is 0.305. The Kier molecular flexibility index (Phi) is 5.97. The van der Waals surface area contributed by atoms with Gasteiger partial charge in [0.2, 0.25) is 0 Å². The maximum atomic E-state index is 9.13. The SMILES string of the molecule is Cc1cc(C)c(COc2ccccc2Cl)cc1C=C(C#N)C(N)=S. The van der Waals surface area contributed by atoms with Crippen LogP contribution < -0.4 is 10.5 Å². The zero-order valence-electron chi connectivity index (χ0n) is 13.5. The molecule has 24 heavy (non-hydrogen) atoms. The topological polar surface area (TPSA) is 59.0 Å². The summed E-state index contributed by atoms with van der Waals surface area (Å²) in [4.78, 5) is 0.0892. The number of hydrogen-bond acceptors (Lipinski definition) is 3. The Balaban J connectivity index is 2.32. The first kappa shape index (κ1) is 18.0. The molecule has 0 unspecified atom stereocenters. The summed E-state index contributed by atoms with van der Waals surface area (Å²) in [6.07, 6.45) is 1.70. The first-order valence-electron chi connectivity index (χ1n) is 7.31. The van der Waals surface area contributed by atoms with E-state index in [-0.39, 0.29) is 10.6 Å². The van der Waals surface area contributed by atoms with Gasteiger partial charge in [0.05, 0.1) is 10.6 Å². The van der Waals surface area contributed by atoms with Crippen LogP contribution in [0, 0.1) is 25.2 Å². The highest BCUT2D eigenvalue weighted by atomic mass is 35.5. The molecular formula is C19H17ClN2OS. The van der Waals surface area contributed by atoms with Crippen molar-refractivity contribution >= 4 is 34.9 Å². The minimum Gasteiger partial charge on any atom is -0.487 e. The van der Waals surface area contributed by atoms with Crippen LogP contribution in [0.25, 0.3) is 6.08 Å². The monoisotopic (exact) mass is 356 g/mol. The molecule has 2 N–H and O–H groups in total. The highest BCUT2D eigenvalue weighted by Gasteiger charge is 2.08. The third-order valence-corrected chi connectivity index (χ3v) is 4.16. The Morgan fingerprint density at radius 1 is 1.29 bits per heavy atom. The van der Waals surface area contributed by atoms with E-state index in [1.54, 1.807) is 12.1 Å². The number of aryl methyl sites for hydroxylation is 2. The van der Waals surface area contributed by atoms with Crippen molar-refractivity contribution < 1.29 is 4.74 Å². The molecule has 0 spiro atoms. The molecule has 0 bridgehead atoms. The van der Waals surface area contributed by atoms with Gasteiger partial charge in [-0.2, -0.15) is 5.26 Å². The summed E-state index contributed by atoms with van der Waals surface area (Å²) in [5.74, 6) is 0.636. The molecular weight excluding hydrogens is 340 g/mol. The number of nitrogens with zero attached hydrogens (tertiary/aromatic N) is 1. The van der Waals surface area contributed by atoms with Crippen LogP contribution in [0.1, 0.15) is 22.3 Å². The van der Waals surface area contributed by atoms with E-state index in [0.717, 1.165) is 22.3 Å². The highest BCUT2D eigenvalue weighted by Crippen LogP contribution is 2.25. The quantitative estimate of drug-likeness (QED) is 0.478. The van der Waals surface area contributed by atoms with Gasteiger partial charge in [-0.25, -0.2) is 0 Å². The Morgan fingerprint density at radius 3 is 2.62 bits per heavy atom. The van der Waals surface area contributed by atoms with Gasteiger partial charge in [0, 0.05) is 0 Å². The van der Waals surface area contributed by atoms with Gasteiger partial charge in [0.15, 0.2) is 0 Å². The Morgan fingerprint density at radius 2 is 2.00 bits per heavy atom. The molecule has 0 aromatic heterocycles. The lowest BCUT2D eigenvalue weighted by Gasteiger charge is -2.13. The van der Waals surface area contributed by atoms with Crippen molar-refractivity contribution in [2.24, 2.45) is 5.73 Å². The van der Waals surface area contributed by atoms with Gasteiger partial charge in [-0.05, 0) is 60.4 Å². The molecule has 0 atom stereocenters. The van der Waals surface area contributed by atoms with Crippen LogP contribution in [-0.4, -0.2) is 4.99 Å². The Bertz CT molecular complexity index is 853. The Labute approximate surface area is 152 Å². The molecule has 2 aromatic carbocycles. The Hall–Kier alpha value is -2.35. The maximum Gasteiger partial charge on any atom is 0.138 e. The molecule has 2 rings (SSSR count). The second-order valence-electron chi connectivity index (χ2n) is 5.39. The van der Waals surface area contributed by atoms with E-state index in [1.807, 2.05) is 50.2 Å². The molecule has 0 amide bonds. The first-order valence-corrected chi connectivity index (χ1v) is 8.10. The molecule has 0 aliphatic heterocycles. The van der Waals surface area contributed by atoms with Crippen molar-refractivity contribution in [1.82, 2.24) is 0 Å². The third kappa shape index (κ3) is 4.35. The van der Waals surface area contributed by atoms with Gasteiger partial charge in [0.1, 0.15) is 23.4 Å². The van der Waals surface area contributed by atoms with Crippen molar-refractivity contribution in [3.63, 3.8) is 0 Å². The number of hydrogen-bond donors (Lipinski definition) is 1. The zero-order chi connectivity index (χ0) is 17.7. The summed E-state index contributed by atoms with van der Waals surface area (Å²) in [5, 5.41) is 9.70. The van der Waals surface area contributed by atoms with Crippen LogP contribution in [0.2, 0.25) is 5.02 Å². The first-order chi connectivity index (χ1) is 11.4. The van der Waals surface area contributed by atoms with Crippen LogP contribution in [0.4, 0.5) is 0 Å². The second-order valence-corrected chi connectivity index (χ2v) is 6.24. The number of ether oxygens (including phenoxy) is 1. The molecule has 0 aliphatic carbocycles. The molecule has 3 nitrogen and oxygen atoms in total. The van der Waals surface area contributed by atoms with E-state index >= 15 is 0 Å². The number of benzene rings is 2. The average molecular weight is 357 g/mol. The molecule has 0 heterocycles. The van der Waals surface area contributed by atoms with Gasteiger partial charge < -0.3 is 10.5 Å². The van der Waals surface area contributed by atoms with Gasteiger partial charge >= 0.3 is 0 Å². The van der Waals surface area contributed by atoms with E-state index in [1.165, 1.54) is 0 Å². The third-order valence-electron chi connectivity index (χ3n) is 3.63. The lowest BCUT2D eigenvalue weighted by Crippen LogP contribution is -2.10. The van der Waals surface area contributed by atoms with E-state index < -0.39 is 0 Å². The largest absolute Gasteiger partial charge is 0.487 e. The second kappa shape index (κ2) is 7.96. The molecule has 0 aliphatic rings. The van der Waals surface area contributed by atoms with Crippen molar-refractivity contribution in [2.45, 2.75) is 20.5 Å². The molecule has 0 saturated heterocycles. The van der Waals surface area contributed by atoms with Crippen molar-refractivity contribution in [3.8, 4) is 11.8 Å². The summed E-state index contributed by atoms with van der Waals surface area (Å²) in [6, 6.07) is 13.4. The normalized spacial score (nSPS) is 11.0. The molecule has 122 valence electrons. The number of para-hydroxylation sites is 1. The molecule has 0 radical (unpaired) electrons. The number of rotatable bonds is 5. The van der Waals surface area contributed by atoms with E-state index in [0.29, 0.717) is 17.4 Å². The molecule has 2 aromatic rings. The predicted molar refractivity (Wildman–Crippen MR) is 102 cm³/mol. The minimum atomic E-state index is 0.0892. The summed E-state index contributed by atoms with van der Waals surface area (Å²) in [7, 11) is 0. The van der Waals surface area contributed by atoms with E-state index in [9.17, 15) is 0 Å². The fourth-order valence-electron chi connectivity index (χ4n) is 2.26. The van der Waals surface area contributed by atoms with E-state index in [4.69, 9.17) is 39.6 Å². The maximum absolute atomic E-state index is 9.13. The molecule has 5 heteroatoms. The van der Waals surface area contributed by atoms with Crippen LogP contribution in [0.5, 0.6) is 5.75 Å².